The molecule has 1 saturated carbocycles. The van der Waals surface area contributed by atoms with Gasteiger partial charge in [0.1, 0.15) is 11.9 Å². The highest BCUT2D eigenvalue weighted by atomic mass is 16.5. The Morgan fingerprint density at radius 2 is 1.93 bits per heavy atom. The second-order valence-corrected chi connectivity index (χ2v) is 7.57. The van der Waals surface area contributed by atoms with E-state index in [1.165, 1.54) is 19.3 Å². The molecule has 1 atom stereocenters. The van der Waals surface area contributed by atoms with Crippen molar-refractivity contribution in [2.75, 3.05) is 7.11 Å². The number of rotatable bonds is 4. The Morgan fingerprint density at radius 3 is 2.71 bits per heavy atom. The van der Waals surface area contributed by atoms with Crippen LogP contribution in [0.1, 0.15) is 61.2 Å². The topological polar surface area (TPSA) is 75.2 Å². The molecule has 0 bridgehead atoms. The van der Waals surface area contributed by atoms with Crippen LogP contribution in [0.3, 0.4) is 0 Å². The molecule has 0 unspecified atom stereocenters. The fourth-order valence-corrected chi connectivity index (χ4v) is 4.12. The molecular formula is C21H24N4O3. The van der Waals surface area contributed by atoms with E-state index in [0.29, 0.717) is 25.0 Å². The van der Waals surface area contributed by atoms with E-state index in [2.05, 4.69) is 10.1 Å². The third-order valence-electron chi connectivity index (χ3n) is 5.75. The van der Waals surface area contributed by atoms with Crippen LogP contribution in [0.25, 0.3) is 11.6 Å². The molecule has 1 aromatic carbocycles. The Kier molecular flexibility index (Phi) is 4.60. The zero-order chi connectivity index (χ0) is 18.9. The highest BCUT2D eigenvalue weighted by Gasteiger charge is 2.26. The first kappa shape index (κ1) is 17.4. The van der Waals surface area contributed by atoms with E-state index in [9.17, 15) is 0 Å². The second-order valence-electron chi connectivity index (χ2n) is 7.57. The van der Waals surface area contributed by atoms with Crippen LogP contribution in [0.2, 0.25) is 0 Å². The number of nitrogens with zero attached hydrogens (tertiary/aromatic N) is 4. The van der Waals surface area contributed by atoms with E-state index < -0.39 is 0 Å². The molecule has 1 fully saturated rings. The van der Waals surface area contributed by atoms with Crippen molar-refractivity contribution >= 4 is 0 Å². The summed E-state index contributed by atoms with van der Waals surface area (Å²) in [5, 5.41) is 8.93. The van der Waals surface area contributed by atoms with E-state index in [0.717, 1.165) is 41.4 Å². The van der Waals surface area contributed by atoms with Crippen LogP contribution in [-0.4, -0.2) is 27.0 Å². The molecule has 0 spiro atoms. The smallest absolute Gasteiger partial charge is 0.278 e. The molecule has 7 heteroatoms. The average Bonchev–Trinajstić information content (AvgIpc) is 3.41. The van der Waals surface area contributed by atoms with Crippen LogP contribution < -0.4 is 4.74 Å². The maximum absolute atomic E-state index is 6.05. The summed E-state index contributed by atoms with van der Waals surface area (Å²) < 4.78 is 18.8. The van der Waals surface area contributed by atoms with Gasteiger partial charge in [0.25, 0.3) is 5.89 Å². The van der Waals surface area contributed by atoms with E-state index in [4.69, 9.17) is 19.1 Å². The summed E-state index contributed by atoms with van der Waals surface area (Å²) in [6.07, 6.45) is 6.07. The fourth-order valence-electron chi connectivity index (χ4n) is 4.12. The van der Waals surface area contributed by atoms with Gasteiger partial charge >= 0.3 is 0 Å². The van der Waals surface area contributed by atoms with Crippen molar-refractivity contribution < 1.29 is 14.0 Å². The Bertz CT molecular complexity index is 941. The van der Waals surface area contributed by atoms with Crippen molar-refractivity contribution in [1.82, 2.24) is 19.9 Å². The Labute approximate surface area is 163 Å². The van der Waals surface area contributed by atoms with Gasteiger partial charge in [-0.05, 0) is 36.6 Å². The van der Waals surface area contributed by atoms with Crippen LogP contribution in [0.15, 0.2) is 34.9 Å². The Hall–Kier alpha value is -2.67. The van der Waals surface area contributed by atoms with Gasteiger partial charge in [-0.25, -0.2) is 0 Å². The lowest BCUT2D eigenvalue weighted by Gasteiger charge is -2.24. The number of fused-ring (bicyclic) bond motifs is 1. The van der Waals surface area contributed by atoms with Crippen molar-refractivity contribution in [2.24, 2.45) is 0 Å². The summed E-state index contributed by atoms with van der Waals surface area (Å²) in [6, 6.07) is 9.96. The summed E-state index contributed by atoms with van der Waals surface area (Å²) >= 11 is 0. The van der Waals surface area contributed by atoms with Gasteiger partial charge in [-0.2, -0.15) is 10.1 Å². The standard InChI is InChI=1S/C21H24N4O3/c1-26-17-9-7-14(8-10-17)19-12-25-16(13-27-19)11-18(23-25)21-22-20(24-28-21)15-5-3-2-4-6-15/h7-11,15,19H,2-6,12-13H2,1H3/t19-/m1/s1. The van der Waals surface area contributed by atoms with Crippen molar-refractivity contribution in [3.05, 3.63) is 47.4 Å². The van der Waals surface area contributed by atoms with Gasteiger partial charge in [-0.3, -0.25) is 4.68 Å². The first-order valence-corrected chi connectivity index (χ1v) is 9.96. The molecule has 1 aliphatic carbocycles. The van der Waals surface area contributed by atoms with E-state index in [-0.39, 0.29) is 6.10 Å². The number of hydrogen-bond donors (Lipinski definition) is 0. The van der Waals surface area contributed by atoms with Gasteiger partial charge in [-0.15, -0.1) is 0 Å². The number of methoxy groups -OCH3 is 1. The maximum atomic E-state index is 6.05. The minimum absolute atomic E-state index is 0.0355. The average molecular weight is 380 g/mol. The number of benzene rings is 1. The zero-order valence-electron chi connectivity index (χ0n) is 16.0. The lowest BCUT2D eigenvalue weighted by molar-refractivity contribution is -0.00115. The van der Waals surface area contributed by atoms with E-state index >= 15 is 0 Å². The summed E-state index contributed by atoms with van der Waals surface area (Å²) in [5.41, 5.74) is 2.86. The van der Waals surface area contributed by atoms with Crippen molar-refractivity contribution in [1.29, 1.82) is 0 Å². The molecular weight excluding hydrogens is 356 g/mol. The fraction of sp³-hybridized carbons (Fsp3) is 0.476. The predicted molar refractivity (Wildman–Crippen MR) is 102 cm³/mol. The molecule has 7 nitrogen and oxygen atoms in total. The van der Waals surface area contributed by atoms with E-state index in [1.54, 1.807) is 7.11 Å². The minimum Gasteiger partial charge on any atom is -0.497 e. The molecule has 2 aliphatic rings. The predicted octanol–water partition coefficient (Wildman–Crippen LogP) is 4.26. The molecule has 28 heavy (non-hydrogen) atoms. The first-order valence-electron chi connectivity index (χ1n) is 9.96. The Balaban J connectivity index is 1.33. The molecule has 3 heterocycles. The van der Waals surface area contributed by atoms with Crippen molar-refractivity contribution in [3.63, 3.8) is 0 Å². The molecule has 0 amide bonds. The molecule has 0 N–H and O–H groups in total. The molecule has 3 aromatic rings. The second kappa shape index (κ2) is 7.39. The molecule has 146 valence electrons. The first-order chi connectivity index (χ1) is 13.8. The van der Waals surface area contributed by atoms with Crippen molar-refractivity contribution in [3.8, 4) is 17.3 Å². The van der Waals surface area contributed by atoms with Gasteiger partial charge in [-0.1, -0.05) is 36.6 Å². The summed E-state index contributed by atoms with van der Waals surface area (Å²) in [4.78, 5) is 4.64. The van der Waals surface area contributed by atoms with Gasteiger partial charge in [0.15, 0.2) is 11.5 Å². The van der Waals surface area contributed by atoms with Crippen LogP contribution >= 0.6 is 0 Å². The molecule has 0 saturated heterocycles. The normalized spacial score (nSPS) is 20.1. The van der Waals surface area contributed by atoms with Crippen LogP contribution in [0.4, 0.5) is 0 Å². The molecule has 2 aromatic heterocycles. The van der Waals surface area contributed by atoms with Gasteiger partial charge in [0, 0.05) is 5.92 Å². The van der Waals surface area contributed by atoms with Crippen LogP contribution in [-0.2, 0) is 17.9 Å². The van der Waals surface area contributed by atoms with Gasteiger partial charge in [0.2, 0.25) is 0 Å². The quantitative estimate of drug-likeness (QED) is 0.673. The van der Waals surface area contributed by atoms with Crippen LogP contribution in [0.5, 0.6) is 5.75 Å². The Morgan fingerprint density at radius 1 is 1.11 bits per heavy atom. The summed E-state index contributed by atoms with van der Waals surface area (Å²) in [5.74, 6) is 2.59. The monoisotopic (exact) mass is 380 g/mol. The van der Waals surface area contributed by atoms with Gasteiger partial charge in [0.05, 0.1) is 26.0 Å². The highest BCUT2D eigenvalue weighted by Crippen LogP contribution is 2.33. The van der Waals surface area contributed by atoms with Crippen LogP contribution in [0, 0.1) is 0 Å². The summed E-state index contributed by atoms with van der Waals surface area (Å²) in [7, 11) is 1.67. The SMILES string of the molecule is COc1ccc([C@H]2Cn3nc(-c4nc(C5CCCCC5)no4)cc3CO2)cc1. The number of ether oxygens (including phenoxy) is 2. The third kappa shape index (κ3) is 3.30. The number of hydrogen-bond acceptors (Lipinski definition) is 6. The maximum Gasteiger partial charge on any atom is 0.278 e. The minimum atomic E-state index is -0.0355. The molecule has 0 radical (unpaired) electrons. The van der Waals surface area contributed by atoms with E-state index in [1.807, 2.05) is 35.0 Å². The lowest BCUT2D eigenvalue weighted by Crippen LogP contribution is -2.21. The summed E-state index contributed by atoms with van der Waals surface area (Å²) in [6.45, 7) is 1.17. The zero-order valence-corrected chi connectivity index (χ0v) is 16.0. The largest absolute Gasteiger partial charge is 0.497 e. The number of aromatic nitrogens is 4. The van der Waals surface area contributed by atoms with Crippen molar-refractivity contribution in [2.45, 2.75) is 57.3 Å². The highest BCUT2D eigenvalue weighted by molar-refractivity contribution is 5.47. The molecule has 5 rings (SSSR count). The lowest BCUT2D eigenvalue weighted by atomic mass is 9.89. The van der Waals surface area contributed by atoms with Gasteiger partial charge < -0.3 is 14.0 Å². The molecule has 1 aliphatic heterocycles. The third-order valence-corrected chi connectivity index (χ3v) is 5.75.